The maximum absolute atomic E-state index is 11.9. The minimum atomic E-state index is -1.22. The molecule has 0 bridgehead atoms. The van der Waals surface area contributed by atoms with Crippen LogP contribution >= 0.6 is 0 Å². The van der Waals surface area contributed by atoms with E-state index in [4.69, 9.17) is 19.0 Å². The zero-order chi connectivity index (χ0) is 16.8. The van der Waals surface area contributed by atoms with Gasteiger partial charge in [-0.3, -0.25) is 4.79 Å². The Hall–Kier alpha value is -2.96. The standard InChI is InChI=1S/C16H17NO6/c1-10(22-12-5-3-11(21-2)4-6-12)9-17-15(18)13-7-8-14(23-13)16(19)20/h3-8,10H,9H2,1-2H3,(H,17,18)(H,19,20). The first-order valence-corrected chi connectivity index (χ1v) is 6.91. The van der Waals surface area contributed by atoms with Gasteiger partial charge in [0, 0.05) is 0 Å². The van der Waals surface area contributed by atoms with Gasteiger partial charge in [-0.15, -0.1) is 0 Å². The number of carboxylic acids is 1. The fourth-order valence-electron chi connectivity index (χ4n) is 1.83. The number of carbonyl (C=O) groups is 2. The smallest absolute Gasteiger partial charge is 0.371 e. The lowest BCUT2D eigenvalue weighted by Gasteiger charge is -2.15. The molecule has 1 aromatic carbocycles. The summed E-state index contributed by atoms with van der Waals surface area (Å²) >= 11 is 0. The van der Waals surface area contributed by atoms with E-state index in [9.17, 15) is 9.59 Å². The van der Waals surface area contributed by atoms with Crippen LogP contribution in [0.3, 0.4) is 0 Å². The number of carboxylic acid groups (broad SMARTS) is 1. The average molecular weight is 319 g/mol. The number of methoxy groups -OCH3 is 1. The molecule has 1 amide bonds. The van der Waals surface area contributed by atoms with E-state index in [0.717, 1.165) is 5.75 Å². The normalized spacial score (nSPS) is 11.6. The zero-order valence-corrected chi connectivity index (χ0v) is 12.7. The molecule has 7 nitrogen and oxygen atoms in total. The molecule has 0 aliphatic carbocycles. The molecule has 1 heterocycles. The number of hydrogen-bond acceptors (Lipinski definition) is 5. The number of amides is 1. The Labute approximate surface area is 132 Å². The van der Waals surface area contributed by atoms with Crippen molar-refractivity contribution in [3.8, 4) is 11.5 Å². The summed E-state index contributed by atoms with van der Waals surface area (Å²) in [6.45, 7) is 2.04. The van der Waals surface area contributed by atoms with E-state index in [2.05, 4.69) is 5.32 Å². The molecule has 0 radical (unpaired) electrons. The molecular weight excluding hydrogens is 302 g/mol. The predicted molar refractivity (Wildman–Crippen MR) is 81.1 cm³/mol. The van der Waals surface area contributed by atoms with Gasteiger partial charge in [0.25, 0.3) is 5.91 Å². The van der Waals surface area contributed by atoms with Crippen LogP contribution < -0.4 is 14.8 Å². The highest BCUT2D eigenvalue weighted by atomic mass is 16.5. The minimum absolute atomic E-state index is 0.0564. The highest BCUT2D eigenvalue weighted by molar-refractivity contribution is 5.93. The summed E-state index contributed by atoms with van der Waals surface area (Å²) in [5.41, 5.74) is 0. The van der Waals surface area contributed by atoms with Crippen molar-refractivity contribution in [2.24, 2.45) is 0 Å². The molecule has 2 rings (SSSR count). The van der Waals surface area contributed by atoms with Crippen LogP contribution in [-0.2, 0) is 0 Å². The second kappa shape index (κ2) is 7.35. The Morgan fingerprint density at radius 1 is 1.13 bits per heavy atom. The molecule has 23 heavy (non-hydrogen) atoms. The molecule has 2 aromatic rings. The highest BCUT2D eigenvalue weighted by Gasteiger charge is 2.15. The predicted octanol–water partition coefficient (Wildman–Crippen LogP) is 2.18. The van der Waals surface area contributed by atoms with Crippen molar-refractivity contribution >= 4 is 11.9 Å². The molecule has 2 N–H and O–H groups in total. The summed E-state index contributed by atoms with van der Waals surface area (Å²) in [4.78, 5) is 22.5. The van der Waals surface area contributed by atoms with E-state index in [1.54, 1.807) is 38.3 Å². The van der Waals surface area contributed by atoms with Crippen molar-refractivity contribution in [2.75, 3.05) is 13.7 Å². The van der Waals surface area contributed by atoms with Gasteiger partial charge in [0.15, 0.2) is 5.76 Å². The molecule has 1 aromatic heterocycles. The molecule has 0 aliphatic rings. The van der Waals surface area contributed by atoms with E-state index in [-0.39, 0.29) is 24.2 Å². The third-order valence-electron chi connectivity index (χ3n) is 2.99. The average Bonchev–Trinajstić information content (AvgIpc) is 3.03. The molecule has 122 valence electrons. The SMILES string of the molecule is COc1ccc(OC(C)CNC(=O)c2ccc(C(=O)O)o2)cc1. The quantitative estimate of drug-likeness (QED) is 0.812. The Morgan fingerprint density at radius 2 is 1.74 bits per heavy atom. The number of nitrogens with one attached hydrogen (secondary N) is 1. The van der Waals surface area contributed by atoms with Crippen molar-refractivity contribution in [3.63, 3.8) is 0 Å². The van der Waals surface area contributed by atoms with Crippen LogP contribution in [0, 0.1) is 0 Å². The zero-order valence-electron chi connectivity index (χ0n) is 12.7. The van der Waals surface area contributed by atoms with E-state index in [0.29, 0.717) is 5.75 Å². The van der Waals surface area contributed by atoms with Crippen LogP contribution in [0.1, 0.15) is 28.0 Å². The molecular formula is C16H17NO6. The lowest BCUT2D eigenvalue weighted by Crippen LogP contribution is -2.33. The van der Waals surface area contributed by atoms with E-state index >= 15 is 0 Å². The van der Waals surface area contributed by atoms with Gasteiger partial charge in [-0.25, -0.2) is 4.79 Å². The number of ether oxygens (including phenoxy) is 2. The summed E-state index contributed by atoms with van der Waals surface area (Å²) in [5.74, 6) is -0.677. The maximum Gasteiger partial charge on any atom is 0.371 e. The van der Waals surface area contributed by atoms with Crippen molar-refractivity contribution in [2.45, 2.75) is 13.0 Å². The fraction of sp³-hybridized carbons (Fsp3) is 0.250. The first kappa shape index (κ1) is 16.4. The Balaban J connectivity index is 1.83. The highest BCUT2D eigenvalue weighted by Crippen LogP contribution is 2.18. The van der Waals surface area contributed by atoms with Crippen LogP contribution in [0.15, 0.2) is 40.8 Å². The number of rotatable bonds is 7. The van der Waals surface area contributed by atoms with Gasteiger partial charge in [0.2, 0.25) is 5.76 Å². The van der Waals surface area contributed by atoms with Crippen molar-refractivity contribution in [1.82, 2.24) is 5.32 Å². The largest absolute Gasteiger partial charge is 0.497 e. The van der Waals surface area contributed by atoms with Crippen molar-refractivity contribution in [1.29, 1.82) is 0 Å². The molecule has 0 aliphatic heterocycles. The fourth-order valence-corrected chi connectivity index (χ4v) is 1.83. The van der Waals surface area contributed by atoms with Gasteiger partial charge in [-0.2, -0.15) is 0 Å². The minimum Gasteiger partial charge on any atom is -0.497 e. The Bertz CT molecular complexity index is 676. The van der Waals surface area contributed by atoms with Crippen LogP contribution in [0.2, 0.25) is 0 Å². The van der Waals surface area contributed by atoms with Gasteiger partial charge in [0.1, 0.15) is 17.6 Å². The summed E-state index contributed by atoms with van der Waals surface area (Å²) < 4.78 is 15.6. The van der Waals surface area contributed by atoms with Crippen LogP contribution in [0.5, 0.6) is 11.5 Å². The first-order valence-electron chi connectivity index (χ1n) is 6.91. The molecule has 0 saturated carbocycles. The molecule has 1 atom stereocenters. The van der Waals surface area contributed by atoms with Crippen molar-refractivity contribution < 1.29 is 28.6 Å². The van der Waals surface area contributed by atoms with Crippen LogP contribution in [-0.4, -0.2) is 36.7 Å². The van der Waals surface area contributed by atoms with Crippen molar-refractivity contribution in [3.05, 3.63) is 47.9 Å². The third kappa shape index (κ3) is 4.50. The van der Waals surface area contributed by atoms with E-state index in [1.165, 1.54) is 12.1 Å². The lowest BCUT2D eigenvalue weighted by atomic mass is 10.3. The molecule has 0 spiro atoms. The third-order valence-corrected chi connectivity index (χ3v) is 2.99. The van der Waals surface area contributed by atoms with Gasteiger partial charge < -0.3 is 24.3 Å². The number of benzene rings is 1. The van der Waals surface area contributed by atoms with Gasteiger partial charge in [-0.05, 0) is 43.3 Å². The van der Waals surface area contributed by atoms with Gasteiger partial charge >= 0.3 is 5.97 Å². The number of furan rings is 1. The number of hydrogen-bond donors (Lipinski definition) is 2. The van der Waals surface area contributed by atoms with Crippen LogP contribution in [0.25, 0.3) is 0 Å². The first-order chi connectivity index (χ1) is 11.0. The topological polar surface area (TPSA) is 98.0 Å². The van der Waals surface area contributed by atoms with Gasteiger partial charge in [0.05, 0.1) is 13.7 Å². The number of aromatic carboxylic acids is 1. The van der Waals surface area contributed by atoms with Crippen LogP contribution in [0.4, 0.5) is 0 Å². The molecule has 0 fully saturated rings. The molecule has 7 heteroatoms. The Kier molecular flexibility index (Phi) is 5.24. The second-order valence-corrected chi connectivity index (χ2v) is 4.78. The molecule has 0 saturated heterocycles. The monoisotopic (exact) mass is 319 g/mol. The maximum atomic E-state index is 11.9. The summed E-state index contributed by atoms with van der Waals surface area (Å²) in [6, 6.07) is 9.63. The summed E-state index contributed by atoms with van der Waals surface area (Å²) in [7, 11) is 1.58. The second-order valence-electron chi connectivity index (χ2n) is 4.78. The van der Waals surface area contributed by atoms with E-state index in [1.807, 2.05) is 0 Å². The van der Waals surface area contributed by atoms with Gasteiger partial charge in [-0.1, -0.05) is 0 Å². The Morgan fingerprint density at radius 3 is 2.30 bits per heavy atom. The van der Waals surface area contributed by atoms with E-state index < -0.39 is 11.9 Å². The number of carbonyl (C=O) groups excluding carboxylic acids is 1. The summed E-state index contributed by atoms with van der Waals surface area (Å²) in [5, 5.41) is 11.4. The lowest BCUT2D eigenvalue weighted by molar-refractivity contribution is 0.0659. The molecule has 1 unspecified atom stereocenters. The summed E-state index contributed by atoms with van der Waals surface area (Å²) in [6.07, 6.45) is -0.277.